The van der Waals surface area contributed by atoms with Crippen molar-refractivity contribution in [3.63, 3.8) is 0 Å². The molecule has 2 aromatic rings. The first-order valence-corrected chi connectivity index (χ1v) is 5.92. The summed E-state index contributed by atoms with van der Waals surface area (Å²) < 4.78 is 1.84. The van der Waals surface area contributed by atoms with Crippen molar-refractivity contribution < 1.29 is 0 Å². The monoisotopic (exact) mass is 233 g/mol. The van der Waals surface area contributed by atoms with Crippen LogP contribution in [0.5, 0.6) is 0 Å². The molecule has 0 bridgehead atoms. The van der Waals surface area contributed by atoms with Crippen molar-refractivity contribution in [3.8, 4) is 0 Å². The Morgan fingerprint density at radius 2 is 1.94 bits per heavy atom. The molecule has 2 heterocycles. The van der Waals surface area contributed by atoms with E-state index >= 15 is 0 Å². The summed E-state index contributed by atoms with van der Waals surface area (Å²) in [4.78, 5) is 14.4. The molecule has 0 aliphatic heterocycles. The molecule has 0 saturated heterocycles. The Bertz CT molecular complexity index is 599. The lowest BCUT2D eigenvalue weighted by Gasteiger charge is -2.14. The highest BCUT2D eigenvalue weighted by molar-refractivity contribution is 5.42. The van der Waals surface area contributed by atoms with Crippen molar-refractivity contribution in [2.24, 2.45) is 0 Å². The van der Waals surface area contributed by atoms with Crippen LogP contribution in [0.3, 0.4) is 0 Å². The molecule has 0 aliphatic rings. The molecule has 0 radical (unpaired) electrons. The van der Waals surface area contributed by atoms with E-state index in [0.29, 0.717) is 0 Å². The Labute approximate surface area is 101 Å². The van der Waals surface area contributed by atoms with Crippen LogP contribution in [0.25, 0.3) is 5.65 Å². The molecule has 0 aromatic carbocycles. The lowest BCUT2D eigenvalue weighted by atomic mass is 9.93. The van der Waals surface area contributed by atoms with Crippen molar-refractivity contribution >= 4 is 5.65 Å². The number of fused-ring (bicyclic) bond motifs is 1. The largest absolute Gasteiger partial charge is 0.307 e. The summed E-state index contributed by atoms with van der Waals surface area (Å²) in [5, 5.41) is 4.59. The molecule has 4 nitrogen and oxygen atoms in total. The van der Waals surface area contributed by atoms with Gasteiger partial charge in [0.15, 0.2) is 0 Å². The van der Waals surface area contributed by atoms with Crippen LogP contribution in [0.1, 0.15) is 51.9 Å². The van der Waals surface area contributed by atoms with Crippen LogP contribution >= 0.6 is 0 Å². The van der Waals surface area contributed by atoms with Gasteiger partial charge in [-0.05, 0) is 5.92 Å². The molecular formula is C13H19N3O. The van der Waals surface area contributed by atoms with Gasteiger partial charge in [0, 0.05) is 17.5 Å². The smallest absolute Gasteiger partial charge is 0.251 e. The Hall–Kier alpha value is -1.58. The van der Waals surface area contributed by atoms with E-state index < -0.39 is 0 Å². The second-order valence-electron chi connectivity index (χ2n) is 5.79. The zero-order valence-electron chi connectivity index (χ0n) is 11.0. The van der Waals surface area contributed by atoms with Crippen molar-refractivity contribution in [2.45, 2.75) is 46.0 Å². The zero-order valence-corrected chi connectivity index (χ0v) is 11.0. The van der Waals surface area contributed by atoms with Gasteiger partial charge in [-0.3, -0.25) is 4.79 Å². The lowest BCUT2D eigenvalue weighted by molar-refractivity contribution is 0.559. The third-order valence-corrected chi connectivity index (χ3v) is 2.84. The highest BCUT2D eigenvalue weighted by Gasteiger charge is 2.19. The first-order valence-electron chi connectivity index (χ1n) is 5.92. The Morgan fingerprint density at radius 3 is 2.47 bits per heavy atom. The highest BCUT2D eigenvalue weighted by atomic mass is 16.1. The van der Waals surface area contributed by atoms with Crippen LogP contribution in [0.4, 0.5) is 0 Å². The van der Waals surface area contributed by atoms with Crippen molar-refractivity contribution in [1.82, 2.24) is 14.6 Å². The molecule has 2 aromatic heterocycles. The fourth-order valence-electron chi connectivity index (χ4n) is 1.80. The number of aromatic nitrogens is 3. The van der Waals surface area contributed by atoms with Gasteiger partial charge in [0.1, 0.15) is 5.65 Å². The van der Waals surface area contributed by atoms with E-state index in [1.807, 2.05) is 10.6 Å². The minimum atomic E-state index is -0.0680. The normalized spacial score (nSPS) is 12.6. The van der Waals surface area contributed by atoms with E-state index in [4.69, 9.17) is 0 Å². The minimum absolute atomic E-state index is 0.0167. The van der Waals surface area contributed by atoms with Crippen molar-refractivity contribution in [1.29, 1.82) is 0 Å². The predicted molar refractivity (Wildman–Crippen MR) is 68.6 cm³/mol. The third kappa shape index (κ3) is 2.12. The fourth-order valence-corrected chi connectivity index (χ4v) is 1.80. The maximum atomic E-state index is 11.6. The Kier molecular flexibility index (Phi) is 2.60. The molecule has 92 valence electrons. The number of nitrogens with one attached hydrogen (secondary N) is 1. The van der Waals surface area contributed by atoms with E-state index in [-0.39, 0.29) is 16.9 Å². The molecule has 17 heavy (non-hydrogen) atoms. The average molecular weight is 233 g/mol. The standard InChI is InChI=1S/C13H19N3O/c1-8(2)9-6-12(17)14-11-7-10(13(3,4)5)15-16(9)11/h6-8H,1-5H3,(H,14,17). The number of rotatable bonds is 1. The molecular weight excluding hydrogens is 214 g/mol. The molecule has 0 spiro atoms. The number of hydrogen-bond acceptors (Lipinski definition) is 2. The van der Waals surface area contributed by atoms with E-state index in [0.717, 1.165) is 17.0 Å². The van der Waals surface area contributed by atoms with Crippen LogP contribution < -0.4 is 5.56 Å². The molecule has 0 fully saturated rings. The second-order valence-corrected chi connectivity index (χ2v) is 5.79. The van der Waals surface area contributed by atoms with Gasteiger partial charge in [-0.15, -0.1) is 0 Å². The van der Waals surface area contributed by atoms with E-state index in [9.17, 15) is 4.79 Å². The lowest BCUT2D eigenvalue weighted by Crippen LogP contribution is -2.14. The Balaban J connectivity index is 2.76. The molecule has 0 amide bonds. The van der Waals surface area contributed by atoms with E-state index in [2.05, 4.69) is 44.7 Å². The first-order chi connectivity index (χ1) is 7.79. The molecule has 0 atom stereocenters. The van der Waals surface area contributed by atoms with Gasteiger partial charge in [0.25, 0.3) is 5.56 Å². The van der Waals surface area contributed by atoms with Gasteiger partial charge < -0.3 is 4.98 Å². The summed E-state index contributed by atoms with van der Waals surface area (Å²) in [6.07, 6.45) is 0. The Morgan fingerprint density at radius 1 is 1.29 bits per heavy atom. The summed E-state index contributed by atoms with van der Waals surface area (Å²) in [6, 6.07) is 3.57. The van der Waals surface area contributed by atoms with Gasteiger partial charge in [0.05, 0.1) is 11.4 Å². The first kappa shape index (κ1) is 11.9. The summed E-state index contributed by atoms with van der Waals surface area (Å²) in [6.45, 7) is 10.5. The molecule has 0 aliphatic carbocycles. The van der Waals surface area contributed by atoms with Crippen LogP contribution in [0, 0.1) is 0 Å². The summed E-state index contributed by atoms with van der Waals surface area (Å²) in [5.41, 5.74) is 2.62. The topological polar surface area (TPSA) is 50.2 Å². The van der Waals surface area contributed by atoms with Crippen molar-refractivity contribution in [3.05, 3.63) is 33.9 Å². The minimum Gasteiger partial charge on any atom is -0.307 e. The molecule has 0 unspecified atom stereocenters. The highest BCUT2D eigenvalue weighted by Crippen LogP contribution is 2.22. The van der Waals surface area contributed by atoms with Gasteiger partial charge in [0.2, 0.25) is 0 Å². The van der Waals surface area contributed by atoms with Crippen LogP contribution in [-0.4, -0.2) is 14.6 Å². The second kappa shape index (κ2) is 3.72. The fraction of sp³-hybridized carbons (Fsp3) is 0.538. The van der Waals surface area contributed by atoms with Gasteiger partial charge in [-0.1, -0.05) is 34.6 Å². The van der Waals surface area contributed by atoms with Crippen molar-refractivity contribution in [2.75, 3.05) is 0 Å². The maximum absolute atomic E-state index is 11.6. The van der Waals surface area contributed by atoms with Crippen LogP contribution in [-0.2, 0) is 5.41 Å². The quantitative estimate of drug-likeness (QED) is 0.822. The molecule has 0 saturated carbocycles. The molecule has 1 N–H and O–H groups in total. The van der Waals surface area contributed by atoms with Gasteiger partial charge in [-0.25, -0.2) is 4.52 Å². The van der Waals surface area contributed by atoms with Crippen LogP contribution in [0.2, 0.25) is 0 Å². The average Bonchev–Trinajstić information content (AvgIpc) is 2.58. The SMILES string of the molecule is CC(C)c1cc(=O)[nH]c2cc(C(C)(C)C)nn12. The number of aromatic amines is 1. The zero-order chi connectivity index (χ0) is 12.8. The van der Waals surface area contributed by atoms with Gasteiger partial charge in [-0.2, -0.15) is 5.10 Å². The van der Waals surface area contributed by atoms with Gasteiger partial charge >= 0.3 is 0 Å². The number of nitrogens with zero attached hydrogens (tertiary/aromatic N) is 2. The van der Waals surface area contributed by atoms with Crippen LogP contribution in [0.15, 0.2) is 16.9 Å². The third-order valence-electron chi connectivity index (χ3n) is 2.84. The summed E-state index contributed by atoms with van der Waals surface area (Å²) in [5.74, 6) is 0.271. The predicted octanol–water partition coefficient (Wildman–Crippen LogP) is 2.44. The maximum Gasteiger partial charge on any atom is 0.251 e. The molecule has 2 rings (SSSR count). The van der Waals surface area contributed by atoms with E-state index in [1.165, 1.54) is 0 Å². The summed E-state index contributed by atoms with van der Waals surface area (Å²) >= 11 is 0. The van der Waals surface area contributed by atoms with E-state index in [1.54, 1.807) is 6.07 Å². The number of H-pyrrole nitrogens is 1. The number of hydrogen-bond donors (Lipinski definition) is 1. The molecule has 4 heteroatoms. The summed E-state index contributed by atoms with van der Waals surface area (Å²) in [7, 11) is 0.